The summed E-state index contributed by atoms with van der Waals surface area (Å²) >= 11 is 3.35. The molecule has 0 N–H and O–H groups in total. The number of ketones is 1. The van der Waals surface area contributed by atoms with Gasteiger partial charge in [-0.05, 0) is 32.0 Å². The molecule has 0 atom stereocenters. The van der Waals surface area contributed by atoms with Gasteiger partial charge in [-0.3, -0.25) is 4.79 Å². The molecule has 0 saturated heterocycles. The summed E-state index contributed by atoms with van der Waals surface area (Å²) in [6.45, 7) is 4.26. The minimum atomic E-state index is -0.409. The molecule has 0 amide bonds. The topological polar surface area (TPSA) is 26.3 Å². The first-order chi connectivity index (χ1) is 6.50. The van der Waals surface area contributed by atoms with Crippen LogP contribution in [0.3, 0.4) is 0 Å². The molecule has 1 aliphatic heterocycles. The van der Waals surface area contributed by atoms with Gasteiger partial charge in [0.15, 0.2) is 5.78 Å². The summed E-state index contributed by atoms with van der Waals surface area (Å²) in [5.74, 6) is 0.845. The maximum absolute atomic E-state index is 12.0. The van der Waals surface area contributed by atoms with Crippen molar-refractivity contribution < 1.29 is 9.53 Å². The SMILES string of the molecule is CC1(C)COc2ccc(Br)cc2C1=O. The zero-order chi connectivity index (χ0) is 10.3. The van der Waals surface area contributed by atoms with E-state index in [-0.39, 0.29) is 5.78 Å². The Kier molecular flexibility index (Phi) is 2.14. The van der Waals surface area contributed by atoms with E-state index in [4.69, 9.17) is 4.74 Å². The van der Waals surface area contributed by atoms with Crippen LogP contribution in [-0.4, -0.2) is 12.4 Å². The Labute approximate surface area is 91.4 Å². The highest BCUT2D eigenvalue weighted by Crippen LogP contribution is 2.35. The second-order valence-electron chi connectivity index (χ2n) is 4.14. The maximum Gasteiger partial charge on any atom is 0.175 e. The highest BCUT2D eigenvalue weighted by atomic mass is 79.9. The van der Waals surface area contributed by atoms with Gasteiger partial charge in [-0.25, -0.2) is 0 Å². The van der Waals surface area contributed by atoms with Crippen LogP contribution in [0.1, 0.15) is 24.2 Å². The summed E-state index contributed by atoms with van der Waals surface area (Å²) < 4.78 is 6.43. The van der Waals surface area contributed by atoms with E-state index in [0.29, 0.717) is 17.9 Å². The molecule has 1 aliphatic rings. The Bertz CT molecular complexity index is 396. The van der Waals surface area contributed by atoms with Crippen molar-refractivity contribution in [3.63, 3.8) is 0 Å². The largest absolute Gasteiger partial charge is 0.492 e. The highest BCUT2D eigenvalue weighted by molar-refractivity contribution is 9.10. The zero-order valence-electron chi connectivity index (χ0n) is 8.13. The minimum Gasteiger partial charge on any atom is -0.492 e. The van der Waals surface area contributed by atoms with E-state index in [1.165, 1.54) is 0 Å². The predicted molar refractivity (Wildman–Crippen MR) is 57.7 cm³/mol. The molecule has 0 aliphatic carbocycles. The first-order valence-electron chi connectivity index (χ1n) is 4.48. The fourth-order valence-electron chi connectivity index (χ4n) is 1.49. The molecule has 1 aromatic carbocycles. The van der Waals surface area contributed by atoms with Crippen molar-refractivity contribution in [1.82, 2.24) is 0 Å². The number of benzene rings is 1. The molecule has 2 rings (SSSR count). The van der Waals surface area contributed by atoms with Gasteiger partial charge in [0.2, 0.25) is 0 Å². The first kappa shape index (κ1) is 9.71. The Balaban J connectivity index is 2.54. The van der Waals surface area contributed by atoms with Crippen molar-refractivity contribution >= 4 is 21.7 Å². The lowest BCUT2D eigenvalue weighted by atomic mass is 9.83. The molecule has 0 aromatic heterocycles. The summed E-state index contributed by atoms with van der Waals surface area (Å²) in [5, 5.41) is 0. The molecule has 0 fully saturated rings. The van der Waals surface area contributed by atoms with Gasteiger partial charge in [0.25, 0.3) is 0 Å². The van der Waals surface area contributed by atoms with Gasteiger partial charge >= 0.3 is 0 Å². The quantitative estimate of drug-likeness (QED) is 0.712. The van der Waals surface area contributed by atoms with Crippen molar-refractivity contribution in [2.45, 2.75) is 13.8 Å². The van der Waals surface area contributed by atoms with E-state index in [1.807, 2.05) is 32.0 Å². The Morgan fingerprint density at radius 3 is 2.86 bits per heavy atom. The van der Waals surface area contributed by atoms with Crippen LogP contribution in [0.15, 0.2) is 22.7 Å². The highest BCUT2D eigenvalue weighted by Gasteiger charge is 2.35. The summed E-state index contributed by atoms with van der Waals surface area (Å²) in [7, 11) is 0. The number of halogens is 1. The average Bonchev–Trinajstić information content (AvgIpc) is 2.13. The average molecular weight is 255 g/mol. The van der Waals surface area contributed by atoms with E-state index in [1.54, 1.807) is 0 Å². The molecule has 0 radical (unpaired) electrons. The predicted octanol–water partition coefficient (Wildman–Crippen LogP) is 3.05. The fraction of sp³-hybridized carbons (Fsp3) is 0.364. The van der Waals surface area contributed by atoms with Gasteiger partial charge in [-0.1, -0.05) is 15.9 Å². The Morgan fingerprint density at radius 2 is 2.14 bits per heavy atom. The number of fused-ring (bicyclic) bond motifs is 1. The molecule has 0 saturated carbocycles. The smallest absolute Gasteiger partial charge is 0.175 e. The van der Waals surface area contributed by atoms with Crippen LogP contribution in [0.2, 0.25) is 0 Å². The second kappa shape index (κ2) is 3.09. The zero-order valence-corrected chi connectivity index (χ0v) is 9.72. The lowest BCUT2D eigenvalue weighted by molar-refractivity contribution is 0.0692. The third kappa shape index (κ3) is 1.46. The fourth-order valence-corrected chi connectivity index (χ4v) is 1.85. The van der Waals surface area contributed by atoms with Crippen LogP contribution in [0.25, 0.3) is 0 Å². The van der Waals surface area contributed by atoms with Gasteiger partial charge in [0.05, 0.1) is 11.0 Å². The Morgan fingerprint density at radius 1 is 1.43 bits per heavy atom. The summed E-state index contributed by atoms with van der Waals surface area (Å²) in [6.07, 6.45) is 0. The first-order valence-corrected chi connectivity index (χ1v) is 5.27. The number of rotatable bonds is 0. The second-order valence-corrected chi connectivity index (χ2v) is 5.06. The molecular formula is C11H11BrO2. The molecule has 0 unspecified atom stereocenters. The number of carbonyl (C=O) groups excluding carboxylic acids is 1. The maximum atomic E-state index is 12.0. The van der Waals surface area contributed by atoms with Gasteiger partial charge in [0.1, 0.15) is 12.4 Å². The van der Waals surface area contributed by atoms with Crippen LogP contribution in [0, 0.1) is 5.41 Å². The number of hydrogen-bond donors (Lipinski definition) is 0. The molecule has 0 spiro atoms. The number of Topliss-reactive ketones (excluding diaryl/α,β-unsaturated/α-hetero) is 1. The molecule has 14 heavy (non-hydrogen) atoms. The van der Waals surface area contributed by atoms with Crippen molar-refractivity contribution in [2.24, 2.45) is 5.41 Å². The van der Waals surface area contributed by atoms with Crippen molar-refractivity contribution in [1.29, 1.82) is 0 Å². The summed E-state index contributed by atoms with van der Waals surface area (Å²) in [6, 6.07) is 5.52. The molecular weight excluding hydrogens is 244 g/mol. The number of hydrogen-bond acceptors (Lipinski definition) is 2. The van der Waals surface area contributed by atoms with E-state index in [2.05, 4.69) is 15.9 Å². The van der Waals surface area contributed by atoms with Gasteiger partial charge in [-0.15, -0.1) is 0 Å². The lowest BCUT2D eigenvalue weighted by Crippen LogP contribution is -2.35. The van der Waals surface area contributed by atoms with Crippen LogP contribution >= 0.6 is 15.9 Å². The van der Waals surface area contributed by atoms with Gasteiger partial charge < -0.3 is 4.74 Å². The standard InChI is InChI=1S/C11H11BrO2/c1-11(2)6-14-9-4-3-7(12)5-8(9)10(11)13/h3-5H,6H2,1-2H3. The lowest BCUT2D eigenvalue weighted by Gasteiger charge is -2.29. The van der Waals surface area contributed by atoms with E-state index in [9.17, 15) is 4.79 Å². The molecule has 0 bridgehead atoms. The summed E-state index contributed by atoms with van der Waals surface area (Å²) in [4.78, 5) is 12.0. The normalized spacial score (nSPS) is 18.6. The molecule has 3 heteroatoms. The molecule has 74 valence electrons. The van der Waals surface area contributed by atoms with Crippen LogP contribution in [-0.2, 0) is 0 Å². The van der Waals surface area contributed by atoms with Crippen LogP contribution < -0.4 is 4.74 Å². The molecule has 1 aromatic rings. The van der Waals surface area contributed by atoms with Gasteiger partial charge in [0, 0.05) is 4.47 Å². The third-order valence-corrected chi connectivity index (χ3v) is 2.88. The van der Waals surface area contributed by atoms with Crippen LogP contribution in [0.4, 0.5) is 0 Å². The van der Waals surface area contributed by atoms with Crippen LogP contribution in [0.5, 0.6) is 5.75 Å². The third-order valence-electron chi connectivity index (χ3n) is 2.39. The van der Waals surface area contributed by atoms with E-state index >= 15 is 0 Å². The summed E-state index contributed by atoms with van der Waals surface area (Å²) in [5.41, 5.74) is 0.268. The van der Waals surface area contributed by atoms with E-state index in [0.717, 1.165) is 4.47 Å². The minimum absolute atomic E-state index is 0.153. The monoisotopic (exact) mass is 254 g/mol. The molecule has 1 heterocycles. The van der Waals surface area contributed by atoms with Crippen molar-refractivity contribution in [3.8, 4) is 5.75 Å². The van der Waals surface area contributed by atoms with Crippen molar-refractivity contribution in [3.05, 3.63) is 28.2 Å². The number of ether oxygens (including phenoxy) is 1. The van der Waals surface area contributed by atoms with E-state index < -0.39 is 5.41 Å². The Hall–Kier alpha value is -0.830. The van der Waals surface area contributed by atoms with Crippen molar-refractivity contribution in [2.75, 3.05) is 6.61 Å². The van der Waals surface area contributed by atoms with Gasteiger partial charge in [-0.2, -0.15) is 0 Å². The molecule has 2 nitrogen and oxygen atoms in total. The number of carbonyl (C=O) groups is 1.